The van der Waals surface area contributed by atoms with E-state index in [1.807, 2.05) is 6.07 Å². The Labute approximate surface area is 161 Å². The van der Waals surface area contributed by atoms with Crippen LogP contribution in [0.1, 0.15) is 34.9 Å². The van der Waals surface area contributed by atoms with Crippen molar-refractivity contribution in [3.63, 3.8) is 0 Å². The number of hydrogen-bond acceptors (Lipinski definition) is 4. The maximum Gasteiger partial charge on any atom is 0.266 e. The van der Waals surface area contributed by atoms with Gasteiger partial charge in [0.2, 0.25) is 0 Å². The monoisotopic (exact) mass is 381 g/mol. The molecule has 6 heteroatoms. The Morgan fingerprint density at radius 2 is 2.08 bits per heavy atom. The highest BCUT2D eigenvalue weighted by molar-refractivity contribution is 7.16. The van der Waals surface area contributed by atoms with E-state index < -0.39 is 5.91 Å². The number of rotatable bonds is 3. The Hall–Kier alpha value is -2.60. The predicted molar refractivity (Wildman–Crippen MR) is 104 cm³/mol. The number of carbonyl (C=O) groups excluding carboxylic acids is 1. The molecular weight excluding hydrogens is 366 g/mol. The van der Waals surface area contributed by atoms with Crippen LogP contribution in [0.2, 0.25) is 5.02 Å². The lowest BCUT2D eigenvalue weighted by molar-refractivity contribution is -0.112. The number of hydrogen-bond donors (Lipinski definition) is 1. The summed E-state index contributed by atoms with van der Waals surface area (Å²) in [6, 6.07) is 11.0. The molecule has 1 aliphatic rings. The number of halogens is 1. The molecule has 130 valence electrons. The first-order valence-corrected chi connectivity index (χ1v) is 9.44. The van der Waals surface area contributed by atoms with E-state index in [9.17, 15) is 15.3 Å². The third-order valence-electron chi connectivity index (χ3n) is 4.40. The van der Waals surface area contributed by atoms with Crippen LogP contribution >= 0.6 is 22.9 Å². The molecule has 3 rings (SSSR count). The SMILES string of the molecule is CC1CCc2c(sc(NC(=O)/C(C#N)=C/c3ccc(Cl)cc3)c2C#N)C1. The van der Waals surface area contributed by atoms with Crippen molar-refractivity contribution >= 4 is 39.9 Å². The van der Waals surface area contributed by atoms with Gasteiger partial charge in [-0.05, 0) is 54.5 Å². The molecule has 0 fully saturated rings. The largest absolute Gasteiger partial charge is 0.312 e. The van der Waals surface area contributed by atoms with Gasteiger partial charge in [0.05, 0.1) is 5.56 Å². The average Bonchev–Trinajstić information content (AvgIpc) is 2.96. The summed E-state index contributed by atoms with van der Waals surface area (Å²) in [6.07, 6.45) is 4.34. The van der Waals surface area contributed by atoms with Gasteiger partial charge in [-0.25, -0.2) is 0 Å². The van der Waals surface area contributed by atoms with E-state index in [1.165, 1.54) is 17.4 Å². The number of amides is 1. The van der Waals surface area contributed by atoms with E-state index in [1.54, 1.807) is 24.3 Å². The van der Waals surface area contributed by atoms with Crippen molar-refractivity contribution in [3.8, 4) is 12.1 Å². The third kappa shape index (κ3) is 3.80. The Morgan fingerprint density at radius 1 is 1.35 bits per heavy atom. The molecule has 1 unspecified atom stereocenters. The Morgan fingerprint density at radius 3 is 2.73 bits per heavy atom. The minimum atomic E-state index is -0.509. The summed E-state index contributed by atoms with van der Waals surface area (Å²) in [7, 11) is 0. The minimum Gasteiger partial charge on any atom is -0.312 e. The maximum atomic E-state index is 12.5. The Kier molecular flexibility index (Phi) is 5.42. The van der Waals surface area contributed by atoms with E-state index in [0.29, 0.717) is 27.1 Å². The number of nitrogens with one attached hydrogen (secondary N) is 1. The zero-order valence-corrected chi connectivity index (χ0v) is 15.7. The fourth-order valence-corrected chi connectivity index (χ4v) is 4.48. The number of benzene rings is 1. The first-order chi connectivity index (χ1) is 12.5. The molecule has 1 heterocycles. The zero-order chi connectivity index (χ0) is 18.7. The van der Waals surface area contributed by atoms with Gasteiger partial charge >= 0.3 is 0 Å². The predicted octanol–water partition coefficient (Wildman–Crippen LogP) is 4.94. The lowest BCUT2D eigenvalue weighted by Gasteiger charge is -2.17. The van der Waals surface area contributed by atoms with Crippen LogP contribution in [0.5, 0.6) is 0 Å². The highest BCUT2D eigenvalue weighted by Crippen LogP contribution is 2.39. The van der Waals surface area contributed by atoms with Gasteiger partial charge in [-0.15, -0.1) is 11.3 Å². The van der Waals surface area contributed by atoms with Crippen molar-refractivity contribution in [2.75, 3.05) is 5.32 Å². The van der Waals surface area contributed by atoms with E-state index >= 15 is 0 Å². The quantitative estimate of drug-likeness (QED) is 0.604. The molecule has 2 aromatic rings. The fourth-order valence-electron chi connectivity index (χ4n) is 3.00. The van der Waals surface area contributed by atoms with Crippen molar-refractivity contribution in [1.82, 2.24) is 0 Å². The number of carbonyl (C=O) groups is 1. The van der Waals surface area contributed by atoms with Gasteiger partial charge in [0.1, 0.15) is 22.7 Å². The standard InChI is InChI=1S/C20H16ClN3OS/c1-12-2-7-16-17(11-23)20(26-18(16)8-12)24-19(25)14(10-22)9-13-3-5-15(21)6-4-13/h3-6,9,12H,2,7-8H2,1H3,(H,24,25)/b14-9+. The van der Waals surface area contributed by atoms with Crippen LogP contribution < -0.4 is 5.32 Å². The van der Waals surface area contributed by atoms with Crippen molar-refractivity contribution in [3.05, 3.63) is 56.4 Å². The molecule has 0 spiro atoms. The summed E-state index contributed by atoms with van der Waals surface area (Å²) in [6.45, 7) is 2.19. The Balaban J connectivity index is 1.86. The molecule has 1 aromatic carbocycles. The molecule has 4 nitrogen and oxygen atoms in total. The van der Waals surface area contributed by atoms with Crippen LogP contribution in [0.4, 0.5) is 5.00 Å². The highest BCUT2D eigenvalue weighted by atomic mass is 35.5. The van der Waals surface area contributed by atoms with Gasteiger partial charge in [0.15, 0.2) is 0 Å². The fraction of sp³-hybridized carbons (Fsp3) is 0.250. The number of thiophene rings is 1. The minimum absolute atomic E-state index is 0.0176. The van der Waals surface area contributed by atoms with Gasteiger partial charge in [0.25, 0.3) is 5.91 Å². The second-order valence-electron chi connectivity index (χ2n) is 6.34. The van der Waals surface area contributed by atoms with Gasteiger partial charge in [-0.2, -0.15) is 10.5 Å². The normalized spacial score (nSPS) is 16.3. The molecule has 0 saturated carbocycles. The second kappa shape index (κ2) is 7.74. The lowest BCUT2D eigenvalue weighted by Crippen LogP contribution is -2.13. The molecule has 1 amide bonds. The molecule has 0 aliphatic heterocycles. The Bertz CT molecular complexity index is 961. The summed E-state index contributed by atoms with van der Waals surface area (Å²) in [5, 5.41) is 22.7. The molecule has 1 aromatic heterocycles. The van der Waals surface area contributed by atoms with Crippen molar-refractivity contribution in [2.45, 2.75) is 26.2 Å². The molecule has 1 atom stereocenters. The summed E-state index contributed by atoms with van der Waals surface area (Å²) in [5.41, 5.74) is 2.27. The van der Waals surface area contributed by atoms with Crippen LogP contribution in [0.15, 0.2) is 29.8 Å². The highest BCUT2D eigenvalue weighted by Gasteiger charge is 2.25. The van der Waals surface area contributed by atoms with Crippen LogP contribution in [0.25, 0.3) is 6.08 Å². The van der Waals surface area contributed by atoms with Crippen LogP contribution in [-0.2, 0) is 17.6 Å². The average molecular weight is 382 g/mol. The van der Waals surface area contributed by atoms with Crippen molar-refractivity contribution < 1.29 is 4.79 Å². The van der Waals surface area contributed by atoms with Gasteiger partial charge in [0, 0.05) is 9.90 Å². The van der Waals surface area contributed by atoms with Gasteiger partial charge in [-0.3, -0.25) is 4.79 Å². The molecule has 0 saturated heterocycles. The van der Waals surface area contributed by atoms with Crippen molar-refractivity contribution in [1.29, 1.82) is 10.5 Å². The second-order valence-corrected chi connectivity index (χ2v) is 7.88. The van der Waals surface area contributed by atoms with E-state index in [-0.39, 0.29) is 5.57 Å². The molecule has 1 N–H and O–H groups in total. The number of fused-ring (bicyclic) bond motifs is 1. The van der Waals surface area contributed by atoms with E-state index in [4.69, 9.17) is 11.6 Å². The van der Waals surface area contributed by atoms with Crippen LogP contribution in [-0.4, -0.2) is 5.91 Å². The number of nitriles is 2. The first kappa shape index (κ1) is 18.2. The maximum absolute atomic E-state index is 12.5. The topological polar surface area (TPSA) is 76.7 Å². The smallest absolute Gasteiger partial charge is 0.266 e. The van der Waals surface area contributed by atoms with Crippen LogP contribution in [0.3, 0.4) is 0 Å². The number of nitrogens with zero attached hydrogens (tertiary/aromatic N) is 2. The summed E-state index contributed by atoms with van der Waals surface area (Å²) < 4.78 is 0. The first-order valence-electron chi connectivity index (χ1n) is 8.25. The van der Waals surface area contributed by atoms with Crippen LogP contribution in [0, 0.1) is 28.6 Å². The number of anilines is 1. The molecule has 1 aliphatic carbocycles. The molecular formula is C20H16ClN3OS. The van der Waals surface area contributed by atoms with Gasteiger partial charge in [-0.1, -0.05) is 30.7 Å². The molecule has 0 radical (unpaired) electrons. The zero-order valence-electron chi connectivity index (χ0n) is 14.2. The van der Waals surface area contributed by atoms with E-state index in [0.717, 1.165) is 29.7 Å². The lowest BCUT2D eigenvalue weighted by atomic mass is 9.88. The van der Waals surface area contributed by atoms with Gasteiger partial charge < -0.3 is 5.32 Å². The third-order valence-corrected chi connectivity index (χ3v) is 5.82. The summed E-state index contributed by atoms with van der Waals surface area (Å²) >= 11 is 7.30. The summed E-state index contributed by atoms with van der Waals surface area (Å²) in [5.74, 6) is 0.0707. The van der Waals surface area contributed by atoms with Crippen molar-refractivity contribution in [2.24, 2.45) is 5.92 Å². The summed E-state index contributed by atoms with van der Waals surface area (Å²) in [4.78, 5) is 13.7. The molecule has 26 heavy (non-hydrogen) atoms. The van der Waals surface area contributed by atoms with E-state index in [2.05, 4.69) is 18.3 Å². The molecule has 0 bridgehead atoms.